The summed E-state index contributed by atoms with van der Waals surface area (Å²) in [7, 11) is 3.33. The van der Waals surface area contributed by atoms with Gasteiger partial charge in [0.05, 0.1) is 5.39 Å². The zero-order valence-corrected chi connectivity index (χ0v) is 17.1. The minimum atomic E-state index is -0.229. The van der Waals surface area contributed by atoms with E-state index in [0.29, 0.717) is 5.82 Å². The Morgan fingerprint density at radius 1 is 1.20 bits per heavy atom. The number of hydrogen-bond donors (Lipinski definition) is 1. The number of likely N-dealkylation sites (tertiary alicyclic amines) is 1. The van der Waals surface area contributed by atoms with Gasteiger partial charge in [0.2, 0.25) is 6.79 Å². The van der Waals surface area contributed by atoms with E-state index in [0.717, 1.165) is 59.7 Å². The van der Waals surface area contributed by atoms with Crippen LogP contribution in [-0.2, 0) is 9.47 Å². The van der Waals surface area contributed by atoms with E-state index in [-0.39, 0.29) is 19.1 Å². The number of ether oxygens (including phenoxy) is 4. The summed E-state index contributed by atoms with van der Waals surface area (Å²) in [6.45, 7) is 2.83. The summed E-state index contributed by atoms with van der Waals surface area (Å²) in [6.07, 6.45) is 4.43. The van der Waals surface area contributed by atoms with Gasteiger partial charge in [0.15, 0.2) is 17.8 Å². The Hall–Kier alpha value is -2.88. The van der Waals surface area contributed by atoms with Crippen molar-refractivity contribution in [3.8, 4) is 22.6 Å². The van der Waals surface area contributed by atoms with Gasteiger partial charge in [-0.25, -0.2) is 9.97 Å². The zero-order chi connectivity index (χ0) is 20.7. The van der Waals surface area contributed by atoms with E-state index in [1.165, 1.54) is 6.33 Å². The van der Waals surface area contributed by atoms with Gasteiger partial charge in [0, 0.05) is 51.7 Å². The van der Waals surface area contributed by atoms with Gasteiger partial charge in [0.1, 0.15) is 17.8 Å². The van der Waals surface area contributed by atoms with E-state index in [4.69, 9.17) is 24.7 Å². The van der Waals surface area contributed by atoms with E-state index >= 15 is 0 Å². The molecule has 2 aliphatic rings. The molecule has 0 bridgehead atoms. The molecule has 1 saturated heterocycles. The molecule has 0 spiro atoms. The van der Waals surface area contributed by atoms with Gasteiger partial charge in [-0.1, -0.05) is 6.07 Å². The Kier molecular flexibility index (Phi) is 4.93. The maximum absolute atomic E-state index is 6.28. The number of nitrogens with zero attached hydrogens (tertiary/aromatic N) is 4. The van der Waals surface area contributed by atoms with E-state index in [1.807, 2.05) is 18.2 Å². The van der Waals surface area contributed by atoms with Crippen LogP contribution in [0.4, 0.5) is 5.82 Å². The van der Waals surface area contributed by atoms with Gasteiger partial charge in [0.25, 0.3) is 0 Å². The number of nitrogens with two attached hydrogens (primary N) is 1. The highest BCUT2D eigenvalue weighted by Gasteiger charge is 2.29. The van der Waals surface area contributed by atoms with Gasteiger partial charge in [-0.2, -0.15) is 0 Å². The monoisotopic (exact) mass is 411 g/mol. The number of nitrogen functional groups attached to an aromatic ring is 1. The molecule has 158 valence electrons. The lowest BCUT2D eigenvalue weighted by Gasteiger charge is -2.21. The molecular weight excluding hydrogens is 386 g/mol. The minimum Gasteiger partial charge on any atom is -0.454 e. The van der Waals surface area contributed by atoms with Crippen LogP contribution in [0.2, 0.25) is 0 Å². The lowest BCUT2D eigenvalue weighted by Crippen LogP contribution is -2.33. The second-order valence-electron chi connectivity index (χ2n) is 7.58. The van der Waals surface area contributed by atoms with Crippen LogP contribution < -0.4 is 15.2 Å². The third kappa shape index (κ3) is 3.24. The summed E-state index contributed by atoms with van der Waals surface area (Å²) in [5.41, 5.74) is 9.12. The van der Waals surface area contributed by atoms with Crippen molar-refractivity contribution in [3.05, 3.63) is 30.7 Å². The predicted octanol–water partition coefficient (Wildman–Crippen LogP) is 2.27. The molecule has 9 nitrogen and oxygen atoms in total. The van der Waals surface area contributed by atoms with E-state index in [2.05, 4.69) is 25.6 Å². The van der Waals surface area contributed by atoms with Gasteiger partial charge in [-0.15, -0.1) is 0 Å². The van der Waals surface area contributed by atoms with Crippen molar-refractivity contribution in [3.63, 3.8) is 0 Å². The number of anilines is 1. The van der Waals surface area contributed by atoms with Crippen molar-refractivity contribution in [2.24, 2.45) is 0 Å². The normalized spacial score (nSPS) is 18.7. The molecule has 2 aliphatic heterocycles. The molecule has 3 aromatic rings. The van der Waals surface area contributed by atoms with Crippen molar-refractivity contribution in [1.29, 1.82) is 0 Å². The van der Waals surface area contributed by atoms with Crippen molar-refractivity contribution < 1.29 is 18.9 Å². The second-order valence-corrected chi connectivity index (χ2v) is 7.58. The highest BCUT2D eigenvalue weighted by molar-refractivity contribution is 6.01. The standard InChI is InChI=1S/C21H25N5O4/c1-27-18(28-2)10-25-6-5-14(8-25)26-9-15(19-20(22)23-11-24-21(19)26)13-3-4-16-17(7-13)30-12-29-16/h3-4,7,9,11,14,18H,5-6,8,10,12H2,1-2H3,(H2,22,23,24)/t14-/m0/s1. The topological polar surface area (TPSA) is 96.9 Å². The molecule has 1 fully saturated rings. The van der Waals surface area contributed by atoms with Crippen LogP contribution in [0, 0.1) is 0 Å². The predicted molar refractivity (Wildman–Crippen MR) is 111 cm³/mol. The minimum absolute atomic E-state index is 0.229. The van der Waals surface area contributed by atoms with Crippen LogP contribution in [0.1, 0.15) is 12.5 Å². The first-order valence-electron chi connectivity index (χ1n) is 9.97. The van der Waals surface area contributed by atoms with Gasteiger partial charge >= 0.3 is 0 Å². The van der Waals surface area contributed by atoms with Crippen molar-refractivity contribution in [2.75, 3.05) is 46.4 Å². The summed E-state index contributed by atoms with van der Waals surface area (Å²) >= 11 is 0. The first-order chi connectivity index (χ1) is 14.7. The summed E-state index contributed by atoms with van der Waals surface area (Å²) < 4.78 is 23.9. The van der Waals surface area contributed by atoms with Crippen LogP contribution in [0.15, 0.2) is 30.7 Å². The lowest BCUT2D eigenvalue weighted by atomic mass is 10.1. The number of rotatable bonds is 6. The average Bonchev–Trinajstić information content (AvgIpc) is 3.49. The fourth-order valence-electron chi connectivity index (χ4n) is 4.33. The summed E-state index contributed by atoms with van der Waals surface area (Å²) in [5, 5.41) is 0.862. The van der Waals surface area contributed by atoms with Crippen LogP contribution in [0.25, 0.3) is 22.2 Å². The summed E-state index contributed by atoms with van der Waals surface area (Å²) in [5.74, 6) is 1.96. The highest BCUT2D eigenvalue weighted by atomic mass is 16.7. The molecule has 0 amide bonds. The number of aromatic nitrogens is 3. The first kappa shape index (κ1) is 19.1. The Morgan fingerprint density at radius 2 is 2.03 bits per heavy atom. The molecule has 1 aromatic carbocycles. The lowest BCUT2D eigenvalue weighted by molar-refractivity contribution is -0.114. The summed E-state index contributed by atoms with van der Waals surface area (Å²) in [6, 6.07) is 6.20. The van der Waals surface area contributed by atoms with E-state index in [9.17, 15) is 0 Å². The Balaban J connectivity index is 1.51. The number of methoxy groups -OCH3 is 2. The Bertz CT molecular complexity index is 1060. The molecule has 4 heterocycles. The maximum Gasteiger partial charge on any atom is 0.231 e. The van der Waals surface area contributed by atoms with Gasteiger partial charge < -0.3 is 29.2 Å². The van der Waals surface area contributed by atoms with E-state index in [1.54, 1.807) is 14.2 Å². The Labute approximate surface area is 174 Å². The molecule has 2 aromatic heterocycles. The smallest absolute Gasteiger partial charge is 0.231 e. The molecule has 5 rings (SSSR count). The maximum atomic E-state index is 6.28. The second kappa shape index (κ2) is 7.75. The average molecular weight is 411 g/mol. The number of fused-ring (bicyclic) bond motifs is 2. The number of benzene rings is 1. The molecule has 2 N–H and O–H groups in total. The zero-order valence-electron chi connectivity index (χ0n) is 17.1. The SMILES string of the molecule is COC(CN1CC[C@H](n2cc(-c3ccc4c(c3)OCO4)c3c(N)ncnc32)C1)OC. The quantitative estimate of drug-likeness (QED) is 0.617. The molecule has 0 radical (unpaired) electrons. The molecule has 9 heteroatoms. The molecule has 1 atom stereocenters. The highest BCUT2D eigenvalue weighted by Crippen LogP contribution is 2.40. The fraction of sp³-hybridized carbons (Fsp3) is 0.429. The van der Waals surface area contributed by atoms with Crippen molar-refractivity contribution >= 4 is 16.9 Å². The molecule has 0 aliphatic carbocycles. The van der Waals surface area contributed by atoms with Crippen LogP contribution >= 0.6 is 0 Å². The third-order valence-corrected chi connectivity index (χ3v) is 5.90. The molecule has 30 heavy (non-hydrogen) atoms. The Morgan fingerprint density at radius 3 is 2.87 bits per heavy atom. The van der Waals surface area contributed by atoms with Crippen molar-refractivity contribution in [1.82, 2.24) is 19.4 Å². The molecular formula is C21H25N5O4. The number of hydrogen-bond acceptors (Lipinski definition) is 8. The molecule has 0 unspecified atom stereocenters. The van der Waals surface area contributed by atoms with Crippen LogP contribution in [-0.4, -0.2) is 66.4 Å². The largest absolute Gasteiger partial charge is 0.454 e. The molecule has 0 saturated carbocycles. The third-order valence-electron chi connectivity index (χ3n) is 5.90. The van der Waals surface area contributed by atoms with Crippen molar-refractivity contribution in [2.45, 2.75) is 18.8 Å². The van der Waals surface area contributed by atoms with Crippen LogP contribution in [0.5, 0.6) is 11.5 Å². The van der Waals surface area contributed by atoms with Gasteiger partial charge in [-0.05, 0) is 24.1 Å². The van der Waals surface area contributed by atoms with E-state index < -0.39 is 0 Å². The fourth-order valence-corrected chi connectivity index (χ4v) is 4.33. The first-order valence-corrected chi connectivity index (χ1v) is 9.97. The summed E-state index contributed by atoms with van der Waals surface area (Å²) in [4.78, 5) is 11.2. The van der Waals surface area contributed by atoms with Crippen LogP contribution in [0.3, 0.4) is 0 Å². The van der Waals surface area contributed by atoms with Gasteiger partial charge in [-0.3, -0.25) is 4.90 Å².